The Bertz CT molecular complexity index is 631. The van der Waals surface area contributed by atoms with E-state index in [1.54, 1.807) is 24.3 Å². The minimum absolute atomic E-state index is 0.161. The van der Waals surface area contributed by atoms with Crippen molar-refractivity contribution in [1.82, 2.24) is 5.32 Å². The van der Waals surface area contributed by atoms with E-state index >= 15 is 0 Å². The molecule has 0 radical (unpaired) electrons. The van der Waals surface area contributed by atoms with Crippen LogP contribution in [-0.4, -0.2) is 28.4 Å². The van der Waals surface area contributed by atoms with Crippen molar-refractivity contribution < 1.29 is 19.5 Å². The molecule has 0 unspecified atom stereocenters. The molecule has 24 heavy (non-hydrogen) atoms. The Labute approximate surface area is 141 Å². The smallest absolute Gasteiger partial charge is 0.306 e. The molecule has 0 bridgehead atoms. The van der Waals surface area contributed by atoms with Gasteiger partial charge in [-0.05, 0) is 64.3 Å². The highest BCUT2D eigenvalue weighted by Crippen LogP contribution is 2.31. The predicted molar refractivity (Wildman–Crippen MR) is 90.8 cm³/mol. The second kappa shape index (κ2) is 7.03. The summed E-state index contributed by atoms with van der Waals surface area (Å²) in [5.74, 6) is -1.86. The van der Waals surface area contributed by atoms with Gasteiger partial charge >= 0.3 is 5.97 Å². The lowest BCUT2D eigenvalue weighted by Gasteiger charge is -2.20. The maximum absolute atomic E-state index is 12.2. The van der Waals surface area contributed by atoms with Gasteiger partial charge in [0.2, 0.25) is 5.91 Å². The molecule has 1 fully saturated rings. The molecule has 2 atom stereocenters. The highest BCUT2D eigenvalue weighted by Gasteiger charge is 2.33. The number of rotatable bonds is 4. The first-order chi connectivity index (χ1) is 11.2. The Morgan fingerprint density at radius 1 is 1.04 bits per heavy atom. The molecule has 1 aromatic carbocycles. The third kappa shape index (κ3) is 4.81. The SMILES string of the molecule is CC(C)(C)NC(=O)c1ccc(NC(=O)[C@@H]2CC[C@H](C(=O)O)C2)cc1. The predicted octanol–water partition coefficient (Wildman–Crippen LogP) is 2.65. The first kappa shape index (κ1) is 18.0. The second-order valence-electron chi connectivity index (χ2n) is 7.32. The Balaban J connectivity index is 1.93. The van der Waals surface area contributed by atoms with Crippen molar-refractivity contribution in [2.24, 2.45) is 11.8 Å². The summed E-state index contributed by atoms with van der Waals surface area (Å²) < 4.78 is 0. The van der Waals surface area contributed by atoms with Crippen LogP contribution in [0, 0.1) is 11.8 Å². The number of anilines is 1. The van der Waals surface area contributed by atoms with E-state index in [0.717, 1.165) is 0 Å². The van der Waals surface area contributed by atoms with Gasteiger partial charge in [-0.15, -0.1) is 0 Å². The van der Waals surface area contributed by atoms with E-state index < -0.39 is 11.9 Å². The molecule has 6 heteroatoms. The van der Waals surface area contributed by atoms with Crippen molar-refractivity contribution >= 4 is 23.5 Å². The average molecular weight is 332 g/mol. The van der Waals surface area contributed by atoms with Gasteiger partial charge in [0.05, 0.1) is 5.92 Å². The molecule has 1 aliphatic rings. The van der Waals surface area contributed by atoms with E-state index in [1.165, 1.54) is 0 Å². The van der Waals surface area contributed by atoms with Crippen LogP contribution in [0.3, 0.4) is 0 Å². The van der Waals surface area contributed by atoms with E-state index in [4.69, 9.17) is 5.11 Å². The molecule has 130 valence electrons. The number of carboxylic acid groups (broad SMARTS) is 1. The second-order valence-corrected chi connectivity index (χ2v) is 7.32. The fourth-order valence-electron chi connectivity index (χ4n) is 2.81. The molecule has 2 rings (SSSR count). The highest BCUT2D eigenvalue weighted by atomic mass is 16.4. The van der Waals surface area contributed by atoms with Crippen molar-refractivity contribution in [3.8, 4) is 0 Å². The molecule has 1 aromatic rings. The van der Waals surface area contributed by atoms with E-state index in [1.807, 2.05) is 20.8 Å². The zero-order chi connectivity index (χ0) is 17.9. The molecule has 0 aromatic heterocycles. The molecule has 1 aliphatic carbocycles. The molecule has 0 saturated heterocycles. The Morgan fingerprint density at radius 3 is 2.12 bits per heavy atom. The van der Waals surface area contributed by atoms with E-state index in [0.29, 0.717) is 30.5 Å². The fraction of sp³-hybridized carbons (Fsp3) is 0.500. The summed E-state index contributed by atoms with van der Waals surface area (Å²) in [5.41, 5.74) is 0.813. The lowest BCUT2D eigenvalue weighted by molar-refractivity contribution is -0.141. The van der Waals surface area contributed by atoms with E-state index in [9.17, 15) is 14.4 Å². The van der Waals surface area contributed by atoms with Crippen molar-refractivity contribution in [1.29, 1.82) is 0 Å². The summed E-state index contributed by atoms with van der Waals surface area (Å²) >= 11 is 0. The van der Waals surface area contributed by atoms with Gasteiger partial charge in [-0.1, -0.05) is 0 Å². The molecule has 1 saturated carbocycles. The third-order valence-corrected chi connectivity index (χ3v) is 4.06. The topological polar surface area (TPSA) is 95.5 Å². The number of carbonyl (C=O) groups is 3. The van der Waals surface area contributed by atoms with Crippen molar-refractivity contribution in [2.75, 3.05) is 5.32 Å². The van der Waals surface area contributed by atoms with Crippen LogP contribution in [0.4, 0.5) is 5.69 Å². The molecule has 0 heterocycles. The summed E-state index contributed by atoms with van der Waals surface area (Å²) in [4.78, 5) is 35.2. The number of carboxylic acids is 1. The molecule has 3 N–H and O–H groups in total. The van der Waals surface area contributed by atoms with E-state index in [-0.39, 0.29) is 23.3 Å². The fourth-order valence-corrected chi connectivity index (χ4v) is 2.81. The van der Waals surface area contributed by atoms with Crippen LogP contribution in [0.25, 0.3) is 0 Å². The third-order valence-electron chi connectivity index (χ3n) is 4.06. The zero-order valence-electron chi connectivity index (χ0n) is 14.3. The lowest BCUT2D eigenvalue weighted by atomic mass is 10.0. The average Bonchev–Trinajstić information content (AvgIpc) is 2.96. The van der Waals surface area contributed by atoms with Gasteiger partial charge in [0.1, 0.15) is 0 Å². The number of aliphatic carboxylic acids is 1. The Hall–Kier alpha value is -2.37. The largest absolute Gasteiger partial charge is 0.481 e. The number of amides is 2. The molecule has 0 spiro atoms. The number of hydrogen-bond acceptors (Lipinski definition) is 3. The van der Waals surface area contributed by atoms with Crippen LogP contribution in [-0.2, 0) is 9.59 Å². The zero-order valence-corrected chi connectivity index (χ0v) is 14.3. The van der Waals surface area contributed by atoms with Gasteiger partial charge in [-0.25, -0.2) is 0 Å². The van der Waals surface area contributed by atoms with Gasteiger partial charge in [0.25, 0.3) is 5.91 Å². The van der Waals surface area contributed by atoms with Crippen LogP contribution in [0.1, 0.15) is 50.4 Å². The Kier molecular flexibility index (Phi) is 5.26. The molecular formula is C18H24N2O4. The summed E-state index contributed by atoms with van der Waals surface area (Å²) in [6, 6.07) is 6.68. The van der Waals surface area contributed by atoms with Crippen LogP contribution >= 0.6 is 0 Å². The number of nitrogens with one attached hydrogen (secondary N) is 2. The maximum atomic E-state index is 12.2. The molecule has 6 nitrogen and oxygen atoms in total. The van der Waals surface area contributed by atoms with Crippen molar-refractivity contribution in [3.63, 3.8) is 0 Å². The Morgan fingerprint density at radius 2 is 1.62 bits per heavy atom. The summed E-state index contributed by atoms with van der Waals surface area (Å²) in [6.45, 7) is 5.72. The maximum Gasteiger partial charge on any atom is 0.306 e. The summed E-state index contributed by atoms with van der Waals surface area (Å²) in [5, 5.41) is 14.7. The number of hydrogen-bond donors (Lipinski definition) is 3. The normalized spacial score (nSPS) is 20.5. The van der Waals surface area contributed by atoms with Gasteiger partial charge in [-0.3, -0.25) is 14.4 Å². The van der Waals surface area contributed by atoms with Crippen molar-refractivity contribution in [3.05, 3.63) is 29.8 Å². The van der Waals surface area contributed by atoms with E-state index in [2.05, 4.69) is 10.6 Å². The first-order valence-electron chi connectivity index (χ1n) is 8.12. The van der Waals surface area contributed by atoms with Crippen molar-refractivity contribution in [2.45, 2.75) is 45.6 Å². The van der Waals surface area contributed by atoms with Crippen LogP contribution < -0.4 is 10.6 Å². The van der Waals surface area contributed by atoms with Gasteiger partial charge in [0.15, 0.2) is 0 Å². The van der Waals surface area contributed by atoms with Crippen LogP contribution in [0.2, 0.25) is 0 Å². The van der Waals surface area contributed by atoms with Gasteiger partial charge in [0, 0.05) is 22.7 Å². The number of benzene rings is 1. The highest BCUT2D eigenvalue weighted by molar-refractivity contribution is 5.96. The quantitative estimate of drug-likeness (QED) is 0.790. The summed E-state index contributed by atoms with van der Waals surface area (Å²) in [7, 11) is 0. The standard InChI is InChI=1S/C18H24N2O4/c1-18(2,3)20-16(22)11-6-8-14(9-7-11)19-15(21)12-4-5-13(10-12)17(23)24/h6-9,12-13H,4-5,10H2,1-3H3,(H,19,21)(H,20,22)(H,23,24)/t12-,13+/m1/s1. The van der Waals surface area contributed by atoms with Crippen LogP contribution in [0.5, 0.6) is 0 Å². The lowest BCUT2D eigenvalue weighted by Crippen LogP contribution is -2.40. The molecular weight excluding hydrogens is 308 g/mol. The molecule has 0 aliphatic heterocycles. The van der Waals surface area contributed by atoms with Gasteiger partial charge < -0.3 is 15.7 Å². The van der Waals surface area contributed by atoms with Crippen LogP contribution in [0.15, 0.2) is 24.3 Å². The monoisotopic (exact) mass is 332 g/mol. The minimum Gasteiger partial charge on any atom is -0.481 e. The summed E-state index contributed by atoms with van der Waals surface area (Å²) in [6.07, 6.45) is 1.52. The van der Waals surface area contributed by atoms with Gasteiger partial charge in [-0.2, -0.15) is 0 Å². The minimum atomic E-state index is -0.834. The molecule has 2 amide bonds. The first-order valence-corrected chi connectivity index (χ1v) is 8.12. The number of carbonyl (C=O) groups excluding carboxylic acids is 2.